The second-order valence-electron chi connectivity index (χ2n) is 6.81. The van der Waals surface area contributed by atoms with Gasteiger partial charge >= 0.3 is 0 Å². The maximum atomic E-state index is 12.5. The zero-order valence-corrected chi connectivity index (χ0v) is 15.5. The first kappa shape index (κ1) is 17.7. The lowest BCUT2D eigenvalue weighted by Crippen LogP contribution is -2.02. The van der Waals surface area contributed by atoms with Crippen molar-refractivity contribution >= 4 is 17.1 Å². The third-order valence-corrected chi connectivity index (χ3v) is 5.39. The Bertz CT molecular complexity index is 687. The van der Waals surface area contributed by atoms with E-state index in [1.165, 1.54) is 5.56 Å². The highest BCUT2D eigenvalue weighted by Crippen LogP contribution is 2.27. The number of carbonyl (C=O) groups excluding carboxylic acids is 1. The summed E-state index contributed by atoms with van der Waals surface area (Å²) in [5.74, 6) is 1.19. The summed E-state index contributed by atoms with van der Waals surface area (Å²) in [6, 6.07) is 3.95. The summed E-state index contributed by atoms with van der Waals surface area (Å²) in [4.78, 5) is 13.4. The summed E-state index contributed by atoms with van der Waals surface area (Å²) in [5.41, 5.74) is 5.33. The van der Waals surface area contributed by atoms with Gasteiger partial charge in [-0.05, 0) is 72.7 Å². The van der Waals surface area contributed by atoms with E-state index in [1.807, 2.05) is 26.0 Å². The molecule has 0 saturated carbocycles. The Morgan fingerprint density at radius 2 is 1.78 bits per heavy atom. The Morgan fingerprint density at radius 1 is 1.17 bits per heavy atom. The number of benzene rings is 1. The normalized spacial score (nSPS) is 11.2. The Hall–Kier alpha value is -1.61. The van der Waals surface area contributed by atoms with Gasteiger partial charge in [-0.15, -0.1) is 11.3 Å². The van der Waals surface area contributed by atoms with Gasteiger partial charge in [0.2, 0.25) is 0 Å². The van der Waals surface area contributed by atoms with Crippen LogP contribution in [0.1, 0.15) is 57.8 Å². The van der Waals surface area contributed by atoms with Crippen LogP contribution < -0.4 is 0 Å². The van der Waals surface area contributed by atoms with Gasteiger partial charge in [-0.1, -0.05) is 26.0 Å². The van der Waals surface area contributed by atoms with Crippen molar-refractivity contribution in [2.45, 2.75) is 53.9 Å². The molecule has 0 unspecified atom stereocenters. The summed E-state index contributed by atoms with van der Waals surface area (Å²) in [6.45, 7) is 10.3. The van der Waals surface area contributed by atoms with Crippen LogP contribution in [0, 0.1) is 26.7 Å². The molecular formula is C20H26O2S. The van der Waals surface area contributed by atoms with E-state index < -0.39 is 0 Å². The molecule has 1 aromatic heterocycles. The van der Waals surface area contributed by atoms with Crippen molar-refractivity contribution in [2.75, 3.05) is 0 Å². The van der Waals surface area contributed by atoms with E-state index in [0.29, 0.717) is 18.1 Å². The molecule has 0 saturated heterocycles. The number of phenols is 1. The van der Waals surface area contributed by atoms with Crippen molar-refractivity contribution in [3.8, 4) is 5.75 Å². The average Bonchev–Trinajstić information content (AvgIpc) is 2.82. The number of Topliss-reactive ketones (excluding diaryl/α,β-unsaturated/α-hetero) is 1. The Labute approximate surface area is 143 Å². The minimum absolute atomic E-state index is 0.228. The molecule has 0 aliphatic heterocycles. The minimum Gasteiger partial charge on any atom is -0.507 e. The SMILES string of the molecule is Cc1cc(CCC(=O)c2scc(CC(C)C)c2C)cc(C)c1O. The van der Waals surface area contributed by atoms with Crippen LogP contribution in [0.15, 0.2) is 17.5 Å². The molecule has 0 bridgehead atoms. The summed E-state index contributed by atoms with van der Waals surface area (Å²) in [6.07, 6.45) is 2.27. The molecule has 2 nitrogen and oxygen atoms in total. The predicted molar refractivity (Wildman–Crippen MR) is 97.8 cm³/mol. The van der Waals surface area contributed by atoms with E-state index in [-0.39, 0.29) is 5.78 Å². The molecule has 0 aliphatic carbocycles. The third kappa shape index (κ3) is 4.23. The summed E-state index contributed by atoms with van der Waals surface area (Å²) >= 11 is 1.58. The highest BCUT2D eigenvalue weighted by molar-refractivity contribution is 7.12. The molecule has 0 amide bonds. The van der Waals surface area contributed by atoms with Crippen LogP contribution in [0.5, 0.6) is 5.75 Å². The molecule has 0 radical (unpaired) electrons. The van der Waals surface area contributed by atoms with Crippen LogP contribution in [0.3, 0.4) is 0 Å². The van der Waals surface area contributed by atoms with E-state index in [9.17, 15) is 9.90 Å². The van der Waals surface area contributed by atoms with Gasteiger partial charge in [-0.25, -0.2) is 0 Å². The standard InChI is InChI=1S/C20H26O2S/c1-12(2)8-17-11-23-20(15(17)5)18(21)7-6-16-9-13(3)19(22)14(4)10-16/h9-12,22H,6-8H2,1-5H3. The highest BCUT2D eigenvalue weighted by atomic mass is 32.1. The monoisotopic (exact) mass is 330 g/mol. The van der Waals surface area contributed by atoms with Gasteiger partial charge in [0.05, 0.1) is 4.88 Å². The fourth-order valence-electron chi connectivity index (χ4n) is 2.93. The molecule has 124 valence electrons. The molecule has 0 atom stereocenters. The van der Waals surface area contributed by atoms with Gasteiger partial charge in [-0.2, -0.15) is 0 Å². The Morgan fingerprint density at radius 3 is 2.35 bits per heavy atom. The van der Waals surface area contributed by atoms with Gasteiger partial charge in [0.1, 0.15) is 5.75 Å². The molecule has 2 rings (SSSR count). The van der Waals surface area contributed by atoms with Crippen molar-refractivity contribution in [3.63, 3.8) is 0 Å². The van der Waals surface area contributed by atoms with Crippen molar-refractivity contribution in [2.24, 2.45) is 5.92 Å². The summed E-state index contributed by atoms with van der Waals surface area (Å²) in [5, 5.41) is 12.0. The molecule has 2 aromatic rings. The molecule has 3 heteroatoms. The molecule has 0 aliphatic rings. The zero-order valence-electron chi connectivity index (χ0n) is 14.7. The van der Waals surface area contributed by atoms with Crippen LogP contribution >= 0.6 is 11.3 Å². The second-order valence-corrected chi connectivity index (χ2v) is 7.69. The number of thiophene rings is 1. The summed E-state index contributed by atoms with van der Waals surface area (Å²) in [7, 11) is 0. The number of phenolic OH excluding ortho intramolecular Hbond substituents is 1. The van der Waals surface area contributed by atoms with E-state index in [1.54, 1.807) is 11.3 Å². The van der Waals surface area contributed by atoms with Gasteiger partial charge in [-0.3, -0.25) is 4.79 Å². The van der Waals surface area contributed by atoms with Crippen LogP contribution in [0.2, 0.25) is 0 Å². The molecule has 23 heavy (non-hydrogen) atoms. The summed E-state index contributed by atoms with van der Waals surface area (Å²) < 4.78 is 0. The molecule has 0 fully saturated rings. The van der Waals surface area contributed by atoms with E-state index >= 15 is 0 Å². The topological polar surface area (TPSA) is 37.3 Å². The zero-order chi connectivity index (χ0) is 17.1. The van der Waals surface area contributed by atoms with Crippen LogP contribution in [0.4, 0.5) is 0 Å². The minimum atomic E-state index is 0.228. The number of aryl methyl sites for hydroxylation is 3. The van der Waals surface area contributed by atoms with Crippen LogP contribution in [-0.4, -0.2) is 10.9 Å². The quantitative estimate of drug-likeness (QED) is 0.721. The van der Waals surface area contributed by atoms with Gasteiger partial charge in [0.15, 0.2) is 5.78 Å². The van der Waals surface area contributed by atoms with Crippen molar-refractivity contribution in [1.29, 1.82) is 0 Å². The molecule has 0 spiro atoms. The third-order valence-electron chi connectivity index (χ3n) is 4.21. The first-order valence-electron chi connectivity index (χ1n) is 8.18. The number of aromatic hydroxyl groups is 1. The number of carbonyl (C=O) groups is 1. The lowest BCUT2D eigenvalue weighted by Gasteiger charge is -2.08. The lowest BCUT2D eigenvalue weighted by atomic mass is 9.98. The van der Waals surface area contributed by atoms with E-state index in [4.69, 9.17) is 0 Å². The molecule has 1 N–H and O–H groups in total. The number of rotatable bonds is 6. The van der Waals surface area contributed by atoms with Gasteiger partial charge < -0.3 is 5.11 Å². The fraction of sp³-hybridized carbons (Fsp3) is 0.450. The highest BCUT2D eigenvalue weighted by Gasteiger charge is 2.15. The van der Waals surface area contributed by atoms with Crippen molar-refractivity contribution in [3.05, 3.63) is 50.2 Å². The van der Waals surface area contributed by atoms with Crippen molar-refractivity contribution < 1.29 is 9.90 Å². The molecule has 1 heterocycles. The largest absolute Gasteiger partial charge is 0.507 e. The maximum absolute atomic E-state index is 12.5. The first-order valence-corrected chi connectivity index (χ1v) is 9.06. The van der Waals surface area contributed by atoms with Gasteiger partial charge in [0, 0.05) is 6.42 Å². The number of ketones is 1. The fourth-order valence-corrected chi connectivity index (χ4v) is 4.00. The van der Waals surface area contributed by atoms with E-state index in [2.05, 4.69) is 26.2 Å². The average molecular weight is 330 g/mol. The second kappa shape index (κ2) is 7.31. The predicted octanol–water partition coefficient (Wildman–Crippen LogP) is 5.39. The maximum Gasteiger partial charge on any atom is 0.173 e. The van der Waals surface area contributed by atoms with Crippen molar-refractivity contribution in [1.82, 2.24) is 0 Å². The molecule has 1 aromatic carbocycles. The first-order chi connectivity index (χ1) is 10.8. The smallest absolute Gasteiger partial charge is 0.173 e. The molecular weight excluding hydrogens is 304 g/mol. The van der Waals surface area contributed by atoms with Gasteiger partial charge in [0.25, 0.3) is 0 Å². The lowest BCUT2D eigenvalue weighted by molar-refractivity contribution is 0.0986. The van der Waals surface area contributed by atoms with Crippen LogP contribution in [0.25, 0.3) is 0 Å². The number of hydrogen-bond donors (Lipinski definition) is 1. The Kier molecular flexibility index (Phi) is 5.64. The number of hydrogen-bond acceptors (Lipinski definition) is 3. The van der Waals surface area contributed by atoms with E-state index in [0.717, 1.165) is 40.0 Å². The van der Waals surface area contributed by atoms with Crippen LogP contribution in [-0.2, 0) is 12.8 Å². The Balaban J connectivity index is 2.07.